The standard InChI is InChI=1S/C14H10FN3OS/c15-9-3-8(4-10(16)5-9)14(19)18-11-1-2-12-13(6-11)20-7-17-12/h1-7H,16H2,(H,18,19). The molecule has 3 rings (SSSR count). The van der Waals surface area contributed by atoms with E-state index >= 15 is 0 Å². The molecule has 3 aromatic rings. The van der Waals surface area contributed by atoms with Crippen LogP contribution in [0.3, 0.4) is 0 Å². The Morgan fingerprint density at radius 3 is 2.90 bits per heavy atom. The van der Waals surface area contributed by atoms with Crippen LogP contribution in [-0.2, 0) is 0 Å². The topological polar surface area (TPSA) is 68.0 Å². The van der Waals surface area contributed by atoms with Gasteiger partial charge in [-0.1, -0.05) is 0 Å². The van der Waals surface area contributed by atoms with Crippen LogP contribution in [0.25, 0.3) is 10.2 Å². The number of carbonyl (C=O) groups is 1. The second-order valence-corrected chi connectivity index (χ2v) is 5.15. The highest BCUT2D eigenvalue weighted by Crippen LogP contribution is 2.22. The van der Waals surface area contributed by atoms with Crippen molar-refractivity contribution in [3.63, 3.8) is 0 Å². The molecule has 0 atom stereocenters. The van der Waals surface area contributed by atoms with Gasteiger partial charge in [0.25, 0.3) is 5.91 Å². The van der Waals surface area contributed by atoms with E-state index in [2.05, 4.69) is 10.3 Å². The molecule has 20 heavy (non-hydrogen) atoms. The van der Waals surface area contributed by atoms with E-state index < -0.39 is 11.7 Å². The van der Waals surface area contributed by atoms with Crippen LogP contribution in [0.1, 0.15) is 10.4 Å². The molecule has 0 saturated heterocycles. The molecule has 0 spiro atoms. The van der Waals surface area contributed by atoms with Gasteiger partial charge in [-0.05, 0) is 36.4 Å². The summed E-state index contributed by atoms with van der Waals surface area (Å²) in [4.78, 5) is 16.2. The number of hydrogen-bond acceptors (Lipinski definition) is 4. The van der Waals surface area contributed by atoms with E-state index in [1.165, 1.54) is 23.5 Å². The number of aromatic nitrogens is 1. The number of hydrogen-bond donors (Lipinski definition) is 2. The van der Waals surface area contributed by atoms with Crippen LogP contribution in [0.4, 0.5) is 15.8 Å². The van der Waals surface area contributed by atoms with Crippen LogP contribution in [0.5, 0.6) is 0 Å². The van der Waals surface area contributed by atoms with Crippen molar-refractivity contribution in [1.82, 2.24) is 4.98 Å². The Morgan fingerprint density at radius 2 is 2.10 bits per heavy atom. The van der Waals surface area contributed by atoms with Gasteiger partial charge in [-0.15, -0.1) is 11.3 Å². The van der Waals surface area contributed by atoms with Crippen molar-refractivity contribution in [1.29, 1.82) is 0 Å². The number of nitrogens with zero attached hydrogens (tertiary/aromatic N) is 1. The molecule has 1 heterocycles. The van der Waals surface area contributed by atoms with E-state index in [1.54, 1.807) is 11.6 Å². The molecule has 0 unspecified atom stereocenters. The highest BCUT2D eigenvalue weighted by atomic mass is 32.1. The summed E-state index contributed by atoms with van der Waals surface area (Å²) >= 11 is 1.49. The molecule has 100 valence electrons. The van der Waals surface area contributed by atoms with E-state index in [0.29, 0.717) is 5.69 Å². The zero-order valence-corrected chi connectivity index (χ0v) is 11.1. The molecule has 1 amide bonds. The van der Waals surface area contributed by atoms with Gasteiger partial charge < -0.3 is 11.1 Å². The number of amides is 1. The van der Waals surface area contributed by atoms with E-state index in [9.17, 15) is 9.18 Å². The van der Waals surface area contributed by atoms with Gasteiger partial charge in [-0.2, -0.15) is 0 Å². The summed E-state index contributed by atoms with van der Waals surface area (Å²) in [5.41, 5.74) is 9.18. The summed E-state index contributed by atoms with van der Waals surface area (Å²) in [5.74, 6) is -0.937. The molecule has 0 saturated carbocycles. The summed E-state index contributed by atoms with van der Waals surface area (Å²) in [6, 6.07) is 9.15. The van der Waals surface area contributed by atoms with Crippen molar-refractivity contribution >= 4 is 38.8 Å². The predicted molar refractivity (Wildman–Crippen MR) is 78.4 cm³/mol. The smallest absolute Gasteiger partial charge is 0.255 e. The van der Waals surface area contributed by atoms with Crippen LogP contribution in [-0.4, -0.2) is 10.9 Å². The SMILES string of the molecule is Nc1cc(F)cc(C(=O)Nc2ccc3ncsc3c2)c1. The normalized spacial score (nSPS) is 10.7. The largest absolute Gasteiger partial charge is 0.399 e. The van der Waals surface area contributed by atoms with Crippen LogP contribution < -0.4 is 11.1 Å². The second-order valence-electron chi connectivity index (χ2n) is 4.26. The number of nitrogens with two attached hydrogens (primary N) is 1. The average Bonchev–Trinajstić information content (AvgIpc) is 2.85. The number of carbonyl (C=O) groups excluding carboxylic acids is 1. The second kappa shape index (κ2) is 4.90. The lowest BCUT2D eigenvalue weighted by Crippen LogP contribution is -2.12. The Labute approximate surface area is 118 Å². The number of fused-ring (bicyclic) bond motifs is 1. The van der Waals surface area contributed by atoms with Gasteiger partial charge in [0.1, 0.15) is 5.82 Å². The average molecular weight is 287 g/mol. The highest BCUT2D eigenvalue weighted by molar-refractivity contribution is 7.16. The molecule has 0 radical (unpaired) electrons. The molecule has 0 aliphatic heterocycles. The van der Waals surface area contributed by atoms with Gasteiger partial charge in [0.15, 0.2) is 0 Å². The van der Waals surface area contributed by atoms with Crippen molar-refractivity contribution in [2.45, 2.75) is 0 Å². The first-order valence-corrected chi connectivity index (χ1v) is 6.70. The zero-order chi connectivity index (χ0) is 14.1. The minimum atomic E-state index is -0.534. The highest BCUT2D eigenvalue weighted by Gasteiger charge is 2.09. The number of rotatable bonds is 2. The Balaban J connectivity index is 1.87. The number of nitrogen functional groups attached to an aromatic ring is 1. The first-order chi connectivity index (χ1) is 9.61. The molecule has 3 N–H and O–H groups in total. The Kier molecular flexibility index (Phi) is 3.08. The van der Waals surface area contributed by atoms with Crippen molar-refractivity contribution in [3.05, 3.63) is 53.3 Å². The van der Waals surface area contributed by atoms with Crippen LogP contribution >= 0.6 is 11.3 Å². The lowest BCUT2D eigenvalue weighted by atomic mass is 10.1. The lowest BCUT2D eigenvalue weighted by Gasteiger charge is -2.06. The Hall–Kier alpha value is -2.47. The Bertz CT molecular complexity index is 780. The van der Waals surface area contributed by atoms with Crippen LogP contribution in [0.15, 0.2) is 41.9 Å². The zero-order valence-electron chi connectivity index (χ0n) is 10.3. The summed E-state index contributed by atoms with van der Waals surface area (Å²) < 4.78 is 14.2. The summed E-state index contributed by atoms with van der Waals surface area (Å²) in [5, 5.41) is 2.71. The van der Waals surface area contributed by atoms with Crippen molar-refractivity contribution in [3.8, 4) is 0 Å². The molecule has 1 aromatic heterocycles. The number of halogens is 1. The molecule has 0 bridgehead atoms. The summed E-state index contributed by atoms with van der Waals surface area (Å²) in [6.45, 7) is 0. The number of thiazole rings is 1. The van der Waals surface area contributed by atoms with E-state index in [0.717, 1.165) is 16.3 Å². The molecular formula is C14H10FN3OS. The van der Waals surface area contributed by atoms with Crippen LogP contribution in [0, 0.1) is 5.82 Å². The minimum Gasteiger partial charge on any atom is -0.399 e. The van der Waals surface area contributed by atoms with Gasteiger partial charge in [0.2, 0.25) is 0 Å². The maximum atomic E-state index is 13.2. The number of benzene rings is 2. The molecule has 4 nitrogen and oxygen atoms in total. The van der Waals surface area contributed by atoms with E-state index in [4.69, 9.17) is 5.73 Å². The van der Waals surface area contributed by atoms with E-state index in [1.807, 2.05) is 12.1 Å². The fraction of sp³-hybridized carbons (Fsp3) is 0. The van der Waals surface area contributed by atoms with Crippen molar-refractivity contribution in [2.24, 2.45) is 0 Å². The first kappa shape index (κ1) is 12.6. The van der Waals surface area contributed by atoms with Crippen molar-refractivity contribution < 1.29 is 9.18 Å². The molecule has 2 aromatic carbocycles. The third-order valence-corrected chi connectivity index (χ3v) is 3.56. The molecular weight excluding hydrogens is 277 g/mol. The third kappa shape index (κ3) is 2.46. The molecule has 0 aliphatic carbocycles. The van der Waals surface area contributed by atoms with Crippen molar-refractivity contribution in [2.75, 3.05) is 11.1 Å². The fourth-order valence-corrected chi connectivity index (χ4v) is 2.60. The van der Waals surface area contributed by atoms with Crippen LogP contribution in [0.2, 0.25) is 0 Å². The monoisotopic (exact) mass is 287 g/mol. The maximum absolute atomic E-state index is 13.2. The van der Waals surface area contributed by atoms with Gasteiger partial charge >= 0.3 is 0 Å². The van der Waals surface area contributed by atoms with Gasteiger partial charge in [-0.3, -0.25) is 4.79 Å². The number of nitrogens with one attached hydrogen (secondary N) is 1. The van der Waals surface area contributed by atoms with E-state index in [-0.39, 0.29) is 11.3 Å². The molecule has 6 heteroatoms. The lowest BCUT2D eigenvalue weighted by molar-refractivity contribution is 0.102. The first-order valence-electron chi connectivity index (χ1n) is 5.82. The van der Waals surface area contributed by atoms with Gasteiger partial charge in [-0.25, -0.2) is 9.37 Å². The maximum Gasteiger partial charge on any atom is 0.255 e. The van der Waals surface area contributed by atoms with Gasteiger partial charge in [0, 0.05) is 16.9 Å². The Morgan fingerprint density at radius 1 is 1.25 bits per heavy atom. The van der Waals surface area contributed by atoms with Gasteiger partial charge in [0.05, 0.1) is 15.7 Å². The quantitative estimate of drug-likeness (QED) is 0.711. The summed E-state index contributed by atoms with van der Waals surface area (Å²) in [6.07, 6.45) is 0. The fourth-order valence-electron chi connectivity index (χ4n) is 1.88. The third-order valence-electron chi connectivity index (χ3n) is 2.77. The minimum absolute atomic E-state index is 0.187. The number of anilines is 2. The summed E-state index contributed by atoms with van der Waals surface area (Å²) in [7, 11) is 0. The molecule has 0 aliphatic rings. The predicted octanol–water partition coefficient (Wildman–Crippen LogP) is 3.27. The molecule has 0 fully saturated rings.